The minimum Gasteiger partial charge on any atom is -0.492 e. The van der Waals surface area contributed by atoms with Gasteiger partial charge in [-0.05, 0) is 50.2 Å². The van der Waals surface area contributed by atoms with E-state index in [1.807, 2.05) is 43.1 Å². The summed E-state index contributed by atoms with van der Waals surface area (Å²) >= 11 is 0. The number of carbonyl (C=O) groups is 1. The second-order valence-electron chi connectivity index (χ2n) is 7.17. The Morgan fingerprint density at radius 2 is 1.72 bits per heavy atom. The van der Waals surface area contributed by atoms with Gasteiger partial charge in [0, 0.05) is 26.3 Å². The molecule has 0 aliphatic carbocycles. The van der Waals surface area contributed by atoms with E-state index in [4.69, 9.17) is 4.74 Å². The highest BCUT2D eigenvalue weighted by Gasteiger charge is 2.20. The van der Waals surface area contributed by atoms with Gasteiger partial charge >= 0.3 is 0 Å². The smallest absolute Gasteiger partial charge is 0.242 e. The van der Waals surface area contributed by atoms with Crippen molar-refractivity contribution in [2.24, 2.45) is 0 Å². The summed E-state index contributed by atoms with van der Waals surface area (Å²) in [5, 5.41) is 2.76. The first-order chi connectivity index (χ1) is 13.6. The van der Waals surface area contributed by atoms with Crippen molar-refractivity contribution in [3.63, 3.8) is 0 Å². The second-order valence-corrected chi connectivity index (χ2v) is 9.29. The fourth-order valence-electron chi connectivity index (χ4n) is 2.71. The van der Waals surface area contributed by atoms with Gasteiger partial charge < -0.3 is 10.1 Å². The van der Waals surface area contributed by atoms with Crippen molar-refractivity contribution >= 4 is 21.6 Å². The van der Waals surface area contributed by atoms with E-state index in [0.717, 1.165) is 15.6 Å². The lowest BCUT2D eigenvalue weighted by Gasteiger charge is -2.18. The standard InChI is InChI=1S/C21H29N3O4S/c1-16-8-6-7-9-19(16)28-13-12-24(5)15-21(25)22-18-11-10-17(2)20(14-18)29(26,27)23(3)4/h6-11,14H,12-13,15H2,1-5H3,(H,22,25). The first-order valence-corrected chi connectivity index (χ1v) is 10.8. The third-order valence-electron chi connectivity index (χ3n) is 4.47. The molecule has 0 fully saturated rings. The number of sulfonamides is 1. The van der Waals surface area contributed by atoms with E-state index in [2.05, 4.69) is 5.32 Å². The zero-order valence-corrected chi connectivity index (χ0v) is 18.4. The molecular weight excluding hydrogens is 390 g/mol. The molecule has 2 aromatic rings. The van der Waals surface area contributed by atoms with Crippen molar-refractivity contribution in [2.75, 3.05) is 46.2 Å². The number of hydrogen-bond acceptors (Lipinski definition) is 5. The number of nitrogens with zero attached hydrogens (tertiary/aromatic N) is 2. The van der Waals surface area contributed by atoms with Crippen molar-refractivity contribution in [3.8, 4) is 5.75 Å². The highest BCUT2D eigenvalue weighted by Crippen LogP contribution is 2.22. The van der Waals surface area contributed by atoms with E-state index in [1.54, 1.807) is 19.1 Å². The van der Waals surface area contributed by atoms with Crippen LogP contribution in [0.15, 0.2) is 47.4 Å². The van der Waals surface area contributed by atoms with E-state index in [1.165, 1.54) is 20.2 Å². The molecule has 0 saturated heterocycles. The third-order valence-corrected chi connectivity index (χ3v) is 6.43. The minimum absolute atomic E-state index is 0.167. The number of rotatable bonds is 9. The van der Waals surface area contributed by atoms with Crippen LogP contribution < -0.4 is 10.1 Å². The molecule has 0 heterocycles. The number of carbonyl (C=O) groups excluding carboxylic acids is 1. The number of benzene rings is 2. The molecule has 2 rings (SSSR count). The van der Waals surface area contributed by atoms with Crippen molar-refractivity contribution in [1.82, 2.24) is 9.21 Å². The summed E-state index contributed by atoms with van der Waals surface area (Å²) < 4.78 is 31.7. The molecule has 0 saturated carbocycles. The molecule has 0 aromatic heterocycles. The molecule has 158 valence electrons. The third kappa shape index (κ3) is 6.28. The second kappa shape index (κ2) is 9.87. The molecule has 2 aromatic carbocycles. The Morgan fingerprint density at radius 1 is 1.03 bits per heavy atom. The SMILES string of the molecule is Cc1ccccc1OCCN(C)CC(=O)Nc1ccc(C)c(S(=O)(=O)N(C)C)c1. The van der Waals surface area contributed by atoms with Crippen LogP contribution >= 0.6 is 0 Å². The largest absolute Gasteiger partial charge is 0.492 e. The molecule has 0 atom stereocenters. The molecule has 1 N–H and O–H groups in total. The quantitative estimate of drug-likeness (QED) is 0.676. The Bertz CT molecular complexity index is 958. The van der Waals surface area contributed by atoms with Gasteiger partial charge in [-0.3, -0.25) is 9.69 Å². The van der Waals surface area contributed by atoms with Gasteiger partial charge in [0.05, 0.1) is 11.4 Å². The molecule has 0 unspecified atom stereocenters. The van der Waals surface area contributed by atoms with Crippen LogP contribution in [0.5, 0.6) is 5.75 Å². The number of aryl methyl sites for hydroxylation is 2. The molecule has 0 aliphatic rings. The lowest BCUT2D eigenvalue weighted by Crippen LogP contribution is -2.33. The zero-order valence-electron chi connectivity index (χ0n) is 17.6. The first kappa shape index (κ1) is 22.9. The molecule has 0 bridgehead atoms. The molecule has 29 heavy (non-hydrogen) atoms. The maximum atomic E-state index is 12.4. The predicted molar refractivity (Wildman–Crippen MR) is 115 cm³/mol. The average molecular weight is 420 g/mol. The highest BCUT2D eigenvalue weighted by atomic mass is 32.2. The van der Waals surface area contributed by atoms with E-state index >= 15 is 0 Å². The van der Waals surface area contributed by atoms with Gasteiger partial charge in [-0.2, -0.15) is 0 Å². The molecule has 0 aliphatic heterocycles. The molecule has 0 radical (unpaired) electrons. The van der Waals surface area contributed by atoms with Gasteiger partial charge in [-0.1, -0.05) is 24.3 Å². The van der Waals surface area contributed by atoms with E-state index < -0.39 is 10.0 Å². The van der Waals surface area contributed by atoms with E-state index in [9.17, 15) is 13.2 Å². The fraction of sp³-hybridized carbons (Fsp3) is 0.381. The Hall–Kier alpha value is -2.42. The van der Waals surface area contributed by atoms with Gasteiger partial charge in [0.15, 0.2) is 0 Å². The number of hydrogen-bond donors (Lipinski definition) is 1. The van der Waals surface area contributed by atoms with Crippen LogP contribution in [-0.4, -0.2) is 64.4 Å². The van der Waals surface area contributed by atoms with Crippen LogP contribution in [0.25, 0.3) is 0 Å². The number of anilines is 1. The monoisotopic (exact) mass is 419 g/mol. The summed E-state index contributed by atoms with van der Waals surface area (Å²) in [6, 6.07) is 12.7. The van der Waals surface area contributed by atoms with Crippen LogP contribution in [0, 0.1) is 13.8 Å². The summed E-state index contributed by atoms with van der Waals surface area (Å²) in [4.78, 5) is 14.4. The van der Waals surface area contributed by atoms with Crippen molar-refractivity contribution < 1.29 is 17.9 Å². The van der Waals surface area contributed by atoms with Crippen molar-refractivity contribution in [3.05, 3.63) is 53.6 Å². The molecule has 0 spiro atoms. The van der Waals surface area contributed by atoms with E-state index in [0.29, 0.717) is 24.4 Å². The van der Waals surface area contributed by atoms with Crippen LogP contribution in [-0.2, 0) is 14.8 Å². The predicted octanol–water partition coefficient (Wildman–Crippen LogP) is 2.50. The summed E-state index contributed by atoms with van der Waals surface area (Å²) in [5.41, 5.74) is 2.14. The number of para-hydroxylation sites is 1. The fourth-order valence-corrected chi connectivity index (χ4v) is 3.85. The van der Waals surface area contributed by atoms with Gasteiger partial charge in [0.2, 0.25) is 15.9 Å². The first-order valence-electron chi connectivity index (χ1n) is 9.31. The van der Waals surface area contributed by atoms with Crippen LogP contribution in [0.1, 0.15) is 11.1 Å². The number of likely N-dealkylation sites (N-methyl/N-ethyl adjacent to an activating group) is 1. The molecule has 7 nitrogen and oxygen atoms in total. The summed E-state index contributed by atoms with van der Waals surface area (Å²) in [6.45, 7) is 4.92. The van der Waals surface area contributed by atoms with Gasteiger partial charge in [-0.25, -0.2) is 12.7 Å². The normalized spacial score (nSPS) is 11.7. The molecule has 8 heteroatoms. The van der Waals surface area contributed by atoms with Gasteiger partial charge in [-0.15, -0.1) is 0 Å². The summed E-state index contributed by atoms with van der Waals surface area (Å²) in [5.74, 6) is 0.611. The lowest BCUT2D eigenvalue weighted by molar-refractivity contribution is -0.117. The van der Waals surface area contributed by atoms with Gasteiger partial charge in [0.1, 0.15) is 12.4 Å². The van der Waals surface area contributed by atoms with Crippen LogP contribution in [0.2, 0.25) is 0 Å². The maximum absolute atomic E-state index is 12.4. The molecular formula is C21H29N3O4S. The summed E-state index contributed by atoms with van der Waals surface area (Å²) in [6.07, 6.45) is 0. The van der Waals surface area contributed by atoms with Crippen molar-refractivity contribution in [1.29, 1.82) is 0 Å². The zero-order chi connectivity index (χ0) is 21.6. The summed E-state index contributed by atoms with van der Waals surface area (Å²) in [7, 11) is 1.22. The Labute approximate surface area is 173 Å². The Balaban J connectivity index is 1.91. The minimum atomic E-state index is -3.58. The van der Waals surface area contributed by atoms with Crippen molar-refractivity contribution in [2.45, 2.75) is 18.7 Å². The lowest BCUT2D eigenvalue weighted by atomic mass is 10.2. The molecule has 1 amide bonds. The topological polar surface area (TPSA) is 79.0 Å². The average Bonchev–Trinajstić information content (AvgIpc) is 2.64. The Kier molecular flexibility index (Phi) is 7.78. The van der Waals surface area contributed by atoms with Crippen LogP contribution in [0.4, 0.5) is 5.69 Å². The van der Waals surface area contributed by atoms with E-state index in [-0.39, 0.29) is 17.3 Å². The van der Waals surface area contributed by atoms with Crippen LogP contribution in [0.3, 0.4) is 0 Å². The Morgan fingerprint density at radius 3 is 2.38 bits per heavy atom. The number of amides is 1. The van der Waals surface area contributed by atoms with Gasteiger partial charge in [0.25, 0.3) is 0 Å². The number of ether oxygens (including phenoxy) is 1. The highest BCUT2D eigenvalue weighted by molar-refractivity contribution is 7.89. The maximum Gasteiger partial charge on any atom is 0.242 e. The number of nitrogens with one attached hydrogen (secondary N) is 1.